The second-order valence-corrected chi connectivity index (χ2v) is 8.54. The summed E-state index contributed by atoms with van der Waals surface area (Å²) in [5, 5.41) is 3.66. The van der Waals surface area contributed by atoms with Crippen LogP contribution in [-0.2, 0) is 16.1 Å². The lowest BCUT2D eigenvalue weighted by Crippen LogP contribution is -2.50. The van der Waals surface area contributed by atoms with E-state index < -0.39 is 6.04 Å². The van der Waals surface area contributed by atoms with Crippen molar-refractivity contribution in [3.63, 3.8) is 0 Å². The van der Waals surface area contributed by atoms with Gasteiger partial charge in [0.15, 0.2) is 6.61 Å². The molecule has 2 amide bonds. The molecule has 0 saturated carbocycles. The van der Waals surface area contributed by atoms with Crippen LogP contribution in [0.5, 0.6) is 5.75 Å². The van der Waals surface area contributed by atoms with Crippen molar-refractivity contribution in [2.24, 2.45) is 0 Å². The summed E-state index contributed by atoms with van der Waals surface area (Å²) in [4.78, 5) is 27.5. The van der Waals surface area contributed by atoms with Crippen LogP contribution < -0.4 is 10.1 Å². The number of benzene rings is 2. The van der Waals surface area contributed by atoms with Gasteiger partial charge < -0.3 is 15.0 Å². The van der Waals surface area contributed by atoms with Gasteiger partial charge in [0.2, 0.25) is 5.91 Å². The molecule has 5 nitrogen and oxygen atoms in total. The van der Waals surface area contributed by atoms with Gasteiger partial charge in [0.1, 0.15) is 11.8 Å². The van der Waals surface area contributed by atoms with Crippen LogP contribution in [-0.4, -0.2) is 35.4 Å². The Morgan fingerprint density at radius 3 is 2.32 bits per heavy atom. The first-order chi connectivity index (χ1) is 14.6. The van der Waals surface area contributed by atoms with E-state index in [-0.39, 0.29) is 24.5 Å². The molecule has 1 N–H and O–H groups in total. The van der Waals surface area contributed by atoms with Crippen molar-refractivity contribution in [1.29, 1.82) is 0 Å². The minimum absolute atomic E-state index is 0.0436. The maximum atomic E-state index is 13.1. The van der Waals surface area contributed by atoms with Crippen molar-refractivity contribution < 1.29 is 14.3 Å². The molecule has 6 heteroatoms. The largest absolute Gasteiger partial charge is 0.484 e. The molecule has 0 spiro atoms. The molecule has 0 radical (unpaired) electrons. The number of halogens is 1. The zero-order valence-corrected chi connectivity index (χ0v) is 20.0. The number of ether oxygens (including phenoxy) is 1. The lowest BCUT2D eigenvalue weighted by atomic mass is 10.1. The van der Waals surface area contributed by atoms with Gasteiger partial charge in [-0.1, -0.05) is 48.4 Å². The van der Waals surface area contributed by atoms with Crippen molar-refractivity contribution >= 4 is 23.4 Å². The molecule has 31 heavy (non-hydrogen) atoms. The van der Waals surface area contributed by atoms with Crippen molar-refractivity contribution in [2.75, 3.05) is 6.61 Å². The Labute approximate surface area is 190 Å². The molecule has 0 unspecified atom stereocenters. The molecule has 0 bridgehead atoms. The highest BCUT2D eigenvalue weighted by molar-refractivity contribution is 6.32. The maximum absolute atomic E-state index is 13.1. The molecule has 2 aromatic carbocycles. The van der Waals surface area contributed by atoms with E-state index in [2.05, 4.69) is 5.32 Å². The Hall–Kier alpha value is -2.53. The topological polar surface area (TPSA) is 58.6 Å². The summed E-state index contributed by atoms with van der Waals surface area (Å²) in [7, 11) is 0. The summed E-state index contributed by atoms with van der Waals surface area (Å²) in [6.45, 7) is 11.7. The van der Waals surface area contributed by atoms with Crippen LogP contribution in [0.2, 0.25) is 5.02 Å². The molecular formula is C25H33ClN2O3. The summed E-state index contributed by atoms with van der Waals surface area (Å²) >= 11 is 6.22. The molecule has 0 aromatic heterocycles. The van der Waals surface area contributed by atoms with E-state index in [4.69, 9.17) is 16.3 Å². The molecule has 0 aliphatic carbocycles. The Kier molecular flexibility index (Phi) is 8.93. The predicted molar refractivity (Wildman–Crippen MR) is 126 cm³/mol. The van der Waals surface area contributed by atoms with Crippen LogP contribution in [0, 0.1) is 20.8 Å². The van der Waals surface area contributed by atoms with Gasteiger partial charge in [-0.3, -0.25) is 9.59 Å². The average molecular weight is 445 g/mol. The molecule has 0 aliphatic heterocycles. The number of nitrogens with one attached hydrogen (secondary N) is 1. The van der Waals surface area contributed by atoms with E-state index >= 15 is 0 Å². The zero-order valence-electron chi connectivity index (χ0n) is 19.3. The fourth-order valence-electron chi connectivity index (χ4n) is 3.27. The summed E-state index contributed by atoms with van der Waals surface area (Å²) in [6, 6.07) is 11.0. The highest BCUT2D eigenvalue weighted by atomic mass is 35.5. The summed E-state index contributed by atoms with van der Waals surface area (Å²) in [6.07, 6.45) is 0.822. The third-order valence-corrected chi connectivity index (χ3v) is 5.97. The van der Waals surface area contributed by atoms with E-state index in [0.717, 1.165) is 28.7 Å². The lowest BCUT2D eigenvalue weighted by molar-refractivity contribution is -0.142. The SMILES string of the molecule is CC[C@H](C)NC(=O)[C@H](C)N(Cc1cccc(C)c1)C(=O)COc1cc(C)c(Cl)c(C)c1. The standard InChI is InChI=1S/C25H33ClN2O3/c1-7-19(5)27-25(30)20(6)28(14-21-10-8-9-16(2)11-21)23(29)15-31-22-12-17(3)24(26)18(4)13-22/h8-13,19-20H,7,14-15H2,1-6H3,(H,27,30)/t19-,20-/m0/s1. The summed E-state index contributed by atoms with van der Waals surface area (Å²) < 4.78 is 5.78. The van der Waals surface area contributed by atoms with Crippen LogP contribution in [0.3, 0.4) is 0 Å². The number of carbonyl (C=O) groups is 2. The Morgan fingerprint density at radius 2 is 1.74 bits per heavy atom. The lowest BCUT2D eigenvalue weighted by Gasteiger charge is -2.29. The number of hydrogen-bond donors (Lipinski definition) is 1. The van der Waals surface area contributed by atoms with Crippen molar-refractivity contribution in [2.45, 2.75) is 66.6 Å². The van der Waals surface area contributed by atoms with E-state index in [1.165, 1.54) is 0 Å². The van der Waals surface area contributed by atoms with Gasteiger partial charge >= 0.3 is 0 Å². The summed E-state index contributed by atoms with van der Waals surface area (Å²) in [5.41, 5.74) is 3.85. The van der Waals surface area contributed by atoms with Gasteiger partial charge in [-0.15, -0.1) is 0 Å². The first kappa shape index (κ1) is 24.7. The number of aryl methyl sites for hydroxylation is 3. The Balaban J connectivity index is 2.19. The first-order valence-corrected chi connectivity index (χ1v) is 11.0. The van der Waals surface area contributed by atoms with E-state index in [0.29, 0.717) is 17.3 Å². The number of rotatable bonds is 9. The van der Waals surface area contributed by atoms with E-state index in [9.17, 15) is 9.59 Å². The van der Waals surface area contributed by atoms with Crippen molar-refractivity contribution in [3.05, 3.63) is 63.7 Å². The van der Waals surface area contributed by atoms with Crippen LogP contribution in [0.25, 0.3) is 0 Å². The second-order valence-electron chi connectivity index (χ2n) is 8.16. The predicted octanol–water partition coefficient (Wildman–Crippen LogP) is 4.98. The molecule has 0 heterocycles. The Morgan fingerprint density at radius 1 is 1.10 bits per heavy atom. The molecule has 0 aliphatic rings. The molecule has 0 saturated heterocycles. The Bertz CT molecular complexity index is 906. The minimum Gasteiger partial charge on any atom is -0.484 e. The molecule has 168 valence electrons. The second kappa shape index (κ2) is 11.2. The van der Waals surface area contributed by atoms with Gasteiger partial charge in [-0.05, 0) is 69.9 Å². The average Bonchev–Trinajstić information content (AvgIpc) is 2.73. The van der Waals surface area contributed by atoms with Gasteiger partial charge in [0.05, 0.1) is 0 Å². The van der Waals surface area contributed by atoms with Crippen LogP contribution in [0.4, 0.5) is 0 Å². The maximum Gasteiger partial charge on any atom is 0.261 e. The fraction of sp³-hybridized carbons (Fsp3) is 0.440. The number of nitrogens with zero attached hydrogens (tertiary/aromatic N) is 1. The smallest absolute Gasteiger partial charge is 0.261 e. The molecule has 2 rings (SSSR count). The van der Waals surface area contributed by atoms with Gasteiger partial charge in [-0.25, -0.2) is 0 Å². The molecule has 2 atom stereocenters. The number of amides is 2. The van der Waals surface area contributed by atoms with Crippen LogP contribution in [0.15, 0.2) is 36.4 Å². The highest BCUT2D eigenvalue weighted by Crippen LogP contribution is 2.26. The number of hydrogen-bond acceptors (Lipinski definition) is 3. The molecule has 0 fully saturated rings. The molecular weight excluding hydrogens is 412 g/mol. The van der Waals surface area contributed by atoms with E-state index in [1.54, 1.807) is 11.8 Å². The van der Waals surface area contributed by atoms with E-state index in [1.807, 2.05) is 71.0 Å². The van der Waals surface area contributed by atoms with Crippen molar-refractivity contribution in [3.8, 4) is 5.75 Å². The molecule has 2 aromatic rings. The van der Waals surface area contributed by atoms with Gasteiger partial charge in [0, 0.05) is 17.6 Å². The monoisotopic (exact) mass is 444 g/mol. The summed E-state index contributed by atoms with van der Waals surface area (Å²) in [5.74, 6) is 0.159. The third-order valence-electron chi connectivity index (χ3n) is 5.38. The fourth-order valence-corrected chi connectivity index (χ4v) is 3.38. The van der Waals surface area contributed by atoms with Gasteiger partial charge in [-0.2, -0.15) is 0 Å². The normalized spacial score (nSPS) is 12.7. The zero-order chi connectivity index (χ0) is 23.1. The van der Waals surface area contributed by atoms with Gasteiger partial charge in [0.25, 0.3) is 5.91 Å². The quantitative estimate of drug-likeness (QED) is 0.593. The van der Waals surface area contributed by atoms with Crippen LogP contribution in [0.1, 0.15) is 49.4 Å². The number of carbonyl (C=O) groups excluding carboxylic acids is 2. The van der Waals surface area contributed by atoms with Crippen LogP contribution >= 0.6 is 11.6 Å². The minimum atomic E-state index is -0.626. The highest BCUT2D eigenvalue weighted by Gasteiger charge is 2.27. The van der Waals surface area contributed by atoms with Crippen molar-refractivity contribution in [1.82, 2.24) is 10.2 Å². The third kappa shape index (κ3) is 7.00. The first-order valence-electron chi connectivity index (χ1n) is 10.7.